The summed E-state index contributed by atoms with van der Waals surface area (Å²) in [6, 6.07) is 3.42. The van der Waals surface area contributed by atoms with Crippen molar-refractivity contribution in [1.82, 2.24) is 10.3 Å². The lowest BCUT2D eigenvalue weighted by Crippen LogP contribution is -2.50. The van der Waals surface area contributed by atoms with Crippen LogP contribution in [0.1, 0.15) is 57.1 Å². The van der Waals surface area contributed by atoms with Crippen LogP contribution in [0.25, 0.3) is 0 Å². The van der Waals surface area contributed by atoms with Gasteiger partial charge in [0.05, 0.1) is 11.6 Å². The Balaban J connectivity index is 2.26. The van der Waals surface area contributed by atoms with Crippen molar-refractivity contribution >= 4 is 17.5 Å². The van der Waals surface area contributed by atoms with Crippen LogP contribution in [0.4, 0.5) is 0 Å². The Hall–Kier alpha value is -1.13. The summed E-state index contributed by atoms with van der Waals surface area (Å²) in [6.45, 7) is 10.8. The van der Waals surface area contributed by atoms with Gasteiger partial charge in [0.1, 0.15) is 5.15 Å². The Labute approximate surface area is 131 Å². The van der Waals surface area contributed by atoms with E-state index >= 15 is 0 Å². The van der Waals surface area contributed by atoms with E-state index < -0.39 is 0 Å². The van der Waals surface area contributed by atoms with Crippen LogP contribution in [0.15, 0.2) is 12.1 Å². The fourth-order valence-corrected chi connectivity index (χ4v) is 2.55. The number of carbonyl (C=O) groups is 1. The predicted octanol–water partition coefficient (Wildman–Crippen LogP) is 3.33. The molecule has 116 valence electrons. The average molecular weight is 311 g/mol. The van der Waals surface area contributed by atoms with Crippen LogP contribution < -0.4 is 5.32 Å². The first-order valence-electron chi connectivity index (χ1n) is 7.24. The van der Waals surface area contributed by atoms with Crippen molar-refractivity contribution < 1.29 is 9.53 Å². The zero-order valence-electron chi connectivity index (χ0n) is 13.3. The van der Waals surface area contributed by atoms with E-state index in [4.69, 9.17) is 16.3 Å². The molecule has 0 radical (unpaired) electrons. The smallest absolute Gasteiger partial charge is 0.251 e. The third-order valence-electron chi connectivity index (χ3n) is 4.11. The molecule has 1 aliphatic rings. The molecule has 1 fully saturated rings. The Morgan fingerprint density at radius 3 is 2.67 bits per heavy atom. The number of hydrogen-bond acceptors (Lipinski definition) is 3. The summed E-state index contributed by atoms with van der Waals surface area (Å²) in [7, 11) is 0. The summed E-state index contributed by atoms with van der Waals surface area (Å²) in [5.41, 5.74) is 0.851. The van der Waals surface area contributed by atoms with E-state index in [1.807, 2.05) is 40.7 Å². The maximum atomic E-state index is 12.5. The van der Waals surface area contributed by atoms with Crippen LogP contribution in [0.3, 0.4) is 0 Å². The van der Waals surface area contributed by atoms with Gasteiger partial charge in [-0.2, -0.15) is 0 Å². The number of carbonyl (C=O) groups excluding carboxylic acids is 1. The summed E-state index contributed by atoms with van der Waals surface area (Å²) < 4.78 is 5.55. The maximum absolute atomic E-state index is 12.5. The normalized spacial score (nSPS) is 25.9. The highest BCUT2D eigenvalue weighted by Gasteiger charge is 2.38. The van der Waals surface area contributed by atoms with E-state index in [1.54, 1.807) is 6.07 Å². The van der Waals surface area contributed by atoms with Crippen molar-refractivity contribution in [1.29, 1.82) is 0 Å². The molecule has 2 rings (SSSR count). The number of halogens is 1. The standard InChI is InChI=1S/C16H23ClN2O2/c1-10-16(5,6-7-21-10)19-14(20)11-8-12(15(2,3)4)18-13(17)9-11/h8-10H,6-7H2,1-5H3,(H,19,20). The zero-order chi connectivity index (χ0) is 15.8. The lowest BCUT2D eigenvalue weighted by Gasteiger charge is -2.29. The molecule has 1 amide bonds. The molecule has 1 aromatic heterocycles. The predicted molar refractivity (Wildman–Crippen MR) is 83.8 cm³/mol. The third-order valence-corrected chi connectivity index (χ3v) is 4.30. The quantitative estimate of drug-likeness (QED) is 0.852. The van der Waals surface area contributed by atoms with Crippen molar-refractivity contribution in [3.05, 3.63) is 28.5 Å². The molecular formula is C16H23ClN2O2. The second-order valence-electron chi connectivity index (χ2n) is 6.95. The molecule has 0 bridgehead atoms. The second kappa shape index (κ2) is 5.58. The summed E-state index contributed by atoms with van der Waals surface area (Å²) in [6.07, 6.45) is 0.811. The summed E-state index contributed by atoms with van der Waals surface area (Å²) >= 11 is 6.06. The van der Waals surface area contributed by atoms with Crippen LogP contribution in [-0.2, 0) is 10.2 Å². The monoisotopic (exact) mass is 310 g/mol. The van der Waals surface area contributed by atoms with Crippen molar-refractivity contribution in [2.24, 2.45) is 0 Å². The summed E-state index contributed by atoms with van der Waals surface area (Å²) in [4.78, 5) is 16.8. The number of amides is 1. The van der Waals surface area contributed by atoms with Gasteiger partial charge < -0.3 is 10.1 Å². The topological polar surface area (TPSA) is 51.2 Å². The molecule has 0 spiro atoms. The van der Waals surface area contributed by atoms with E-state index in [0.29, 0.717) is 17.3 Å². The molecule has 1 aromatic rings. The van der Waals surface area contributed by atoms with E-state index in [1.165, 1.54) is 0 Å². The molecule has 2 heterocycles. The molecule has 1 saturated heterocycles. The van der Waals surface area contributed by atoms with Gasteiger partial charge in [0.2, 0.25) is 0 Å². The van der Waals surface area contributed by atoms with E-state index in [9.17, 15) is 4.79 Å². The highest BCUT2D eigenvalue weighted by Crippen LogP contribution is 2.27. The molecule has 2 unspecified atom stereocenters. The van der Waals surface area contributed by atoms with Gasteiger partial charge in [-0.05, 0) is 32.4 Å². The van der Waals surface area contributed by atoms with Crippen LogP contribution in [0, 0.1) is 0 Å². The minimum atomic E-state index is -0.339. The van der Waals surface area contributed by atoms with Crippen molar-refractivity contribution in [2.45, 2.75) is 58.1 Å². The summed E-state index contributed by atoms with van der Waals surface area (Å²) in [5, 5.41) is 3.42. The largest absolute Gasteiger partial charge is 0.376 e. The van der Waals surface area contributed by atoms with E-state index in [-0.39, 0.29) is 23.0 Å². The number of aromatic nitrogens is 1. The second-order valence-corrected chi connectivity index (χ2v) is 7.34. The van der Waals surface area contributed by atoms with Gasteiger partial charge >= 0.3 is 0 Å². The van der Waals surface area contributed by atoms with Gasteiger partial charge in [-0.15, -0.1) is 0 Å². The molecule has 0 saturated carbocycles. The number of nitrogens with zero attached hydrogens (tertiary/aromatic N) is 1. The van der Waals surface area contributed by atoms with Crippen LogP contribution in [-0.4, -0.2) is 29.1 Å². The number of rotatable bonds is 2. The first-order valence-corrected chi connectivity index (χ1v) is 7.62. The Bertz CT molecular complexity index is 554. The third kappa shape index (κ3) is 3.55. The number of hydrogen-bond donors (Lipinski definition) is 1. The molecular weight excluding hydrogens is 288 g/mol. The molecule has 5 heteroatoms. The first-order chi connectivity index (χ1) is 9.62. The number of pyridine rings is 1. The van der Waals surface area contributed by atoms with Gasteiger partial charge in [-0.3, -0.25) is 4.79 Å². The molecule has 21 heavy (non-hydrogen) atoms. The minimum absolute atomic E-state index is 0.000783. The van der Waals surface area contributed by atoms with Crippen LogP contribution >= 0.6 is 11.6 Å². The average Bonchev–Trinajstić information content (AvgIpc) is 2.67. The van der Waals surface area contributed by atoms with Gasteiger partial charge in [0, 0.05) is 23.3 Å². The number of nitrogens with one attached hydrogen (secondary N) is 1. The van der Waals surface area contributed by atoms with E-state index in [0.717, 1.165) is 12.1 Å². The Morgan fingerprint density at radius 2 is 2.14 bits per heavy atom. The van der Waals surface area contributed by atoms with Crippen molar-refractivity contribution in [3.63, 3.8) is 0 Å². The molecule has 4 nitrogen and oxygen atoms in total. The molecule has 1 N–H and O–H groups in total. The fraction of sp³-hybridized carbons (Fsp3) is 0.625. The van der Waals surface area contributed by atoms with Gasteiger partial charge in [-0.25, -0.2) is 4.98 Å². The van der Waals surface area contributed by atoms with Crippen molar-refractivity contribution in [3.8, 4) is 0 Å². The first kappa shape index (κ1) is 16.2. The molecule has 0 aromatic carbocycles. The lowest BCUT2D eigenvalue weighted by molar-refractivity contribution is 0.0727. The van der Waals surface area contributed by atoms with Gasteiger partial charge in [0.15, 0.2) is 0 Å². The highest BCUT2D eigenvalue weighted by atomic mass is 35.5. The van der Waals surface area contributed by atoms with Gasteiger partial charge in [0.25, 0.3) is 5.91 Å². The van der Waals surface area contributed by atoms with Crippen molar-refractivity contribution in [2.75, 3.05) is 6.61 Å². The van der Waals surface area contributed by atoms with Gasteiger partial charge in [-0.1, -0.05) is 32.4 Å². The zero-order valence-corrected chi connectivity index (χ0v) is 14.0. The Kier molecular flexibility index (Phi) is 4.31. The minimum Gasteiger partial charge on any atom is -0.376 e. The molecule has 2 atom stereocenters. The molecule has 0 aliphatic carbocycles. The van der Waals surface area contributed by atoms with Crippen LogP contribution in [0.2, 0.25) is 5.15 Å². The fourth-order valence-electron chi connectivity index (χ4n) is 2.34. The summed E-state index contributed by atoms with van der Waals surface area (Å²) in [5.74, 6) is -0.135. The van der Waals surface area contributed by atoms with E-state index in [2.05, 4.69) is 10.3 Å². The lowest BCUT2D eigenvalue weighted by atomic mass is 9.90. The maximum Gasteiger partial charge on any atom is 0.251 e. The number of ether oxygens (including phenoxy) is 1. The highest BCUT2D eigenvalue weighted by molar-refractivity contribution is 6.29. The Morgan fingerprint density at radius 1 is 1.48 bits per heavy atom. The SMILES string of the molecule is CC1OCCC1(C)NC(=O)c1cc(Cl)nc(C(C)(C)C)c1. The molecule has 1 aliphatic heterocycles. The van der Waals surface area contributed by atoms with Crippen LogP contribution in [0.5, 0.6) is 0 Å².